The van der Waals surface area contributed by atoms with Gasteiger partial charge in [0.1, 0.15) is 6.10 Å². The number of ether oxygens (including phenoxy) is 1. The van der Waals surface area contributed by atoms with Gasteiger partial charge in [0.2, 0.25) is 0 Å². The highest BCUT2D eigenvalue weighted by atomic mass is 16.5. The maximum Gasteiger partial charge on any atom is 0.302 e. The van der Waals surface area contributed by atoms with E-state index in [4.69, 9.17) is 4.74 Å². The summed E-state index contributed by atoms with van der Waals surface area (Å²) < 4.78 is 5.91. The van der Waals surface area contributed by atoms with Crippen LogP contribution in [-0.2, 0) is 9.53 Å². The van der Waals surface area contributed by atoms with Gasteiger partial charge in [-0.15, -0.1) is 0 Å². The first-order chi connectivity index (χ1) is 16.3. The molecule has 0 aromatic rings. The van der Waals surface area contributed by atoms with Crippen LogP contribution in [0.1, 0.15) is 126 Å². The Labute approximate surface area is 216 Å². The first kappa shape index (κ1) is 25.8. The molecule has 5 fully saturated rings. The number of fused-ring (bicyclic) bond motifs is 2. The third kappa shape index (κ3) is 3.35. The van der Waals surface area contributed by atoms with Crippen molar-refractivity contribution in [2.45, 2.75) is 132 Å². The first-order valence-electron chi connectivity index (χ1n) is 15.1. The van der Waals surface area contributed by atoms with E-state index in [2.05, 4.69) is 55.0 Å². The molecular weight excluding hydrogens is 428 g/mol. The highest BCUT2D eigenvalue weighted by Crippen LogP contribution is 2.89. The quantitative estimate of drug-likeness (QED) is 0.279. The molecule has 5 aliphatic rings. The Morgan fingerprint density at radius 1 is 0.857 bits per heavy atom. The van der Waals surface area contributed by atoms with E-state index < -0.39 is 0 Å². The van der Waals surface area contributed by atoms with Gasteiger partial charge in [0.15, 0.2) is 0 Å². The van der Waals surface area contributed by atoms with Crippen molar-refractivity contribution in [3.63, 3.8) is 0 Å². The van der Waals surface area contributed by atoms with Crippen LogP contribution in [0.2, 0.25) is 0 Å². The van der Waals surface area contributed by atoms with E-state index in [1.54, 1.807) is 6.92 Å². The first-order valence-corrected chi connectivity index (χ1v) is 15.1. The topological polar surface area (TPSA) is 26.3 Å². The molecule has 0 aliphatic heterocycles. The predicted octanol–water partition coefficient (Wildman–Crippen LogP) is 8.99. The van der Waals surface area contributed by atoms with Crippen LogP contribution < -0.4 is 0 Å². The summed E-state index contributed by atoms with van der Waals surface area (Å²) in [6.45, 7) is 23.3. The van der Waals surface area contributed by atoms with Crippen molar-refractivity contribution < 1.29 is 9.53 Å². The van der Waals surface area contributed by atoms with Gasteiger partial charge in [-0.2, -0.15) is 0 Å². The lowest BCUT2D eigenvalue weighted by atomic mass is 9.41. The molecule has 0 aromatic carbocycles. The Morgan fingerprint density at radius 3 is 2.17 bits per heavy atom. The van der Waals surface area contributed by atoms with Crippen molar-refractivity contribution in [3.8, 4) is 0 Å². The van der Waals surface area contributed by atoms with E-state index >= 15 is 0 Å². The minimum Gasteiger partial charge on any atom is -0.462 e. The van der Waals surface area contributed by atoms with Crippen molar-refractivity contribution in [1.29, 1.82) is 0 Å². The number of hydrogen-bond donors (Lipinski definition) is 0. The van der Waals surface area contributed by atoms with Crippen molar-refractivity contribution in [2.24, 2.45) is 56.7 Å². The molecule has 0 unspecified atom stereocenters. The lowest BCUT2D eigenvalue weighted by molar-refractivity contribution is -0.181. The van der Waals surface area contributed by atoms with E-state index in [0.29, 0.717) is 27.6 Å². The molecule has 10 atom stereocenters. The molecule has 0 radical (unpaired) electrons. The summed E-state index contributed by atoms with van der Waals surface area (Å²) in [5.41, 5.74) is 3.55. The van der Waals surface area contributed by atoms with Crippen LogP contribution in [0, 0.1) is 56.7 Å². The zero-order chi connectivity index (χ0) is 25.6. The fourth-order valence-electron chi connectivity index (χ4n) is 11.7. The van der Waals surface area contributed by atoms with Gasteiger partial charge in [0.05, 0.1) is 0 Å². The van der Waals surface area contributed by atoms with Gasteiger partial charge in [-0.05, 0) is 129 Å². The van der Waals surface area contributed by atoms with Crippen molar-refractivity contribution in [3.05, 3.63) is 12.2 Å². The van der Waals surface area contributed by atoms with E-state index in [9.17, 15) is 4.79 Å². The monoisotopic (exact) mass is 482 g/mol. The Morgan fingerprint density at radius 2 is 1.51 bits per heavy atom. The lowest BCUT2D eigenvalue weighted by Crippen LogP contribution is -2.58. The number of rotatable bonds is 6. The maximum absolute atomic E-state index is 11.9. The van der Waals surface area contributed by atoms with Gasteiger partial charge < -0.3 is 4.74 Å². The lowest BCUT2D eigenvalue weighted by Gasteiger charge is -2.63. The summed E-state index contributed by atoms with van der Waals surface area (Å²) in [6.07, 6.45) is 15.1. The minimum atomic E-state index is -0.0945. The van der Waals surface area contributed by atoms with Crippen LogP contribution in [0.4, 0.5) is 0 Å². The average Bonchev–Trinajstić information content (AvgIpc) is 3.36. The molecule has 5 saturated carbocycles. The summed E-state index contributed by atoms with van der Waals surface area (Å²) in [5.74, 6) is 3.88. The Hall–Kier alpha value is -0.790. The number of allylic oxidation sites excluding steroid dienone is 1. The highest BCUT2D eigenvalue weighted by molar-refractivity contribution is 5.66. The second-order valence-corrected chi connectivity index (χ2v) is 15.4. The van der Waals surface area contributed by atoms with Crippen LogP contribution in [0.5, 0.6) is 0 Å². The summed E-state index contributed by atoms with van der Waals surface area (Å²) >= 11 is 0. The van der Waals surface area contributed by atoms with Crippen molar-refractivity contribution >= 4 is 5.97 Å². The minimum absolute atomic E-state index is 0.0945. The second kappa shape index (κ2) is 8.10. The SMILES string of the molecule is C=C(C)[C@H](C)CC[C@@H](C)[C@H]1CC[C@@]2(C)[C@@H]3CC[C@H]4C(C)(C)[C@@H](OC(C)=O)CC[C@@]45C[C@@]35CC[C@]12C. The molecule has 2 heteroatoms. The highest BCUT2D eigenvalue weighted by Gasteiger charge is 2.82. The smallest absolute Gasteiger partial charge is 0.302 e. The summed E-state index contributed by atoms with van der Waals surface area (Å²) in [7, 11) is 0. The van der Waals surface area contributed by atoms with Crippen LogP contribution in [0.3, 0.4) is 0 Å². The van der Waals surface area contributed by atoms with Gasteiger partial charge in [0.25, 0.3) is 0 Å². The molecule has 0 aromatic heterocycles. The zero-order valence-corrected chi connectivity index (χ0v) is 24.3. The average molecular weight is 483 g/mol. The van der Waals surface area contributed by atoms with Gasteiger partial charge in [-0.1, -0.05) is 53.7 Å². The maximum atomic E-state index is 11.9. The molecule has 0 heterocycles. The molecule has 0 bridgehead atoms. The summed E-state index contributed by atoms with van der Waals surface area (Å²) in [6, 6.07) is 0. The van der Waals surface area contributed by atoms with Crippen LogP contribution >= 0.6 is 0 Å². The standard InChI is InChI=1S/C33H54O2/c1-21(2)22(3)10-11-23(4)25-14-16-31(9)27-13-12-26-29(6,7)28(35-24(5)34)15-17-32(26)20-33(27,32)19-18-30(25,31)8/h22-23,25-28H,1,10-20H2,2-9H3/t22-,23-,25-,26+,27+,28+,30-,31+,32-,33+/m1/s1. The largest absolute Gasteiger partial charge is 0.462 e. The van der Waals surface area contributed by atoms with Gasteiger partial charge >= 0.3 is 5.97 Å². The second-order valence-electron chi connectivity index (χ2n) is 15.4. The Kier molecular flexibility index (Phi) is 5.98. The van der Waals surface area contributed by atoms with Gasteiger partial charge in [0, 0.05) is 12.3 Å². The zero-order valence-electron chi connectivity index (χ0n) is 24.3. The molecule has 0 amide bonds. The molecule has 5 rings (SSSR count). The van der Waals surface area contributed by atoms with Crippen LogP contribution in [0.25, 0.3) is 0 Å². The van der Waals surface area contributed by atoms with Crippen molar-refractivity contribution in [1.82, 2.24) is 0 Å². The van der Waals surface area contributed by atoms with Crippen molar-refractivity contribution in [2.75, 3.05) is 0 Å². The molecule has 0 saturated heterocycles. The normalized spacial score (nSPS) is 49.0. The molecule has 2 nitrogen and oxygen atoms in total. The third-order valence-corrected chi connectivity index (χ3v) is 14.0. The summed E-state index contributed by atoms with van der Waals surface area (Å²) in [4.78, 5) is 11.9. The summed E-state index contributed by atoms with van der Waals surface area (Å²) in [5, 5.41) is 0. The van der Waals surface area contributed by atoms with E-state index in [0.717, 1.165) is 30.1 Å². The number of carbonyl (C=O) groups is 1. The van der Waals surface area contributed by atoms with E-state index in [-0.39, 0.29) is 17.5 Å². The van der Waals surface area contributed by atoms with Crippen LogP contribution in [0.15, 0.2) is 12.2 Å². The molecule has 198 valence electrons. The fourth-order valence-corrected chi connectivity index (χ4v) is 11.7. The van der Waals surface area contributed by atoms with E-state index in [1.807, 2.05) is 0 Å². The third-order valence-electron chi connectivity index (χ3n) is 14.0. The number of hydrogen-bond acceptors (Lipinski definition) is 2. The molecule has 35 heavy (non-hydrogen) atoms. The Balaban J connectivity index is 1.37. The Bertz CT molecular complexity index is 888. The van der Waals surface area contributed by atoms with Gasteiger partial charge in [-0.3, -0.25) is 4.79 Å². The number of carbonyl (C=O) groups excluding carboxylic acids is 1. The van der Waals surface area contributed by atoms with E-state index in [1.165, 1.54) is 69.8 Å². The van der Waals surface area contributed by atoms with Gasteiger partial charge in [-0.25, -0.2) is 0 Å². The number of esters is 1. The van der Waals surface area contributed by atoms with Crippen LogP contribution in [-0.4, -0.2) is 12.1 Å². The molecule has 5 aliphatic carbocycles. The molecular formula is C33H54O2. The molecule has 2 spiro atoms. The predicted molar refractivity (Wildman–Crippen MR) is 145 cm³/mol. The fraction of sp³-hybridized carbons (Fsp3) is 0.909. The molecule has 0 N–H and O–H groups in total.